The van der Waals surface area contributed by atoms with Crippen LogP contribution < -0.4 is 0 Å². The molecule has 4 rings (SSSR count). The van der Waals surface area contributed by atoms with E-state index in [1.54, 1.807) is 6.20 Å². The lowest BCUT2D eigenvalue weighted by Crippen LogP contribution is -2.38. The van der Waals surface area contributed by atoms with Gasteiger partial charge in [0.15, 0.2) is 5.78 Å². The lowest BCUT2D eigenvalue weighted by molar-refractivity contribution is 0.0806. The van der Waals surface area contributed by atoms with Crippen LogP contribution >= 0.6 is 0 Å². The van der Waals surface area contributed by atoms with Gasteiger partial charge in [-0.1, -0.05) is 36.4 Å². The first-order chi connectivity index (χ1) is 12.8. The van der Waals surface area contributed by atoms with E-state index in [0.29, 0.717) is 5.69 Å². The standard InChI is InChI=1S/C21H22N4O/c26-21(19-10-4-5-11-22-19)17-9-6-12-25(14-17)15-18-13-23-24-20(18)16-7-2-1-3-8-16/h1-5,7-8,10-11,13,17H,6,9,12,14-15H2,(H,23,24)/t17-/m0/s1. The topological polar surface area (TPSA) is 61.9 Å². The van der Waals surface area contributed by atoms with E-state index in [1.165, 1.54) is 5.56 Å². The lowest BCUT2D eigenvalue weighted by atomic mass is 9.91. The summed E-state index contributed by atoms with van der Waals surface area (Å²) in [7, 11) is 0. The SMILES string of the molecule is O=C(c1ccccn1)[C@H]1CCCN(Cc2cn[nH]c2-c2ccccc2)C1. The van der Waals surface area contributed by atoms with Gasteiger partial charge in [0.25, 0.3) is 0 Å². The summed E-state index contributed by atoms with van der Waals surface area (Å²) in [5.74, 6) is 0.177. The van der Waals surface area contributed by atoms with Crippen LogP contribution in [0.15, 0.2) is 60.9 Å². The summed E-state index contributed by atoms with van der Waals surface area (Å²) in [4.78, 5) is 19.3. The van der Waals surface area contributed by atoms with E-state index in [4.69, 9.17) is 0 Å². The minimum atomic E-state index is 0.0192. The van der Waals surface area contributed by atoms with Gasteiger partial charge in [0.2, 0.25) is 0 Å². The number of pyridine rings is 1. The Morgan fingerprint density at radius 3 is 2.81 bits per heavy atom. The van der Waals surface area contributed by atoms with E-state index in [0.717, 1.165) is 43.7 Å². The summed E-state index contributed by atoms with van der Waals surface area (Å²) in [6.07, 6.45) is 5.54. The maximum absolute atomic E-state index is 12.7. The van der Waals surface area contributed by atoms with Crippen molar-refractivity contribution in [3.63, 3.8) is 0 Å². The van der Waals surface area contributed by atoms with Crippen molar-refractivity contribution in [3.8, 4) is 11.3 Å². The molecule has 1 aliphatic rings. The quantitative estimate of drug-likeness (QED) is 0.718. The Kier molecular flexibility index (Phi) is 4.88. The zero-order valence-electron chi connectivity index (χ0n) is 14.6. The van der Waals surface area contributed by atoms with Crippen LogP contribution in [0.2, 0.25) is 0 Å². The van der Waals surface area contributed by atoms with Crippen molar-refractivity contribution < 1.29 is 4.79 Å². The van der Waals surface area contributed by atoms with Gasteiger partial charge in [0.1, 0.15) is 5.69 Å². The molecule has 0 saturated carbocycles. The Labute approximate surface area is 153 Å². The van der Waals surface area contributed by atoms with Crippen LogP contribution in [0.1, 0.15) is 28.9 Å². The van der Waals surface area contributed by atoms with Crippen molar-refractivity contribution in [2.24, 2.45) is 5.92 Å². The normalized spacial score (nSPS) is 17.9. The molecule has 5 nitrogen and oxygen atoms in total. The van der Waals surface area contributed by atoms with Crippen LogP contribution in [-0.2, 0) is 6.54 Å². The fraction of sp³-hybridized carbons (Fsp3) is 0.286. The smallest absolute Gasteiger partial charge is 0.185 e. The van der Waals surface area contributed by atoms with Crippen molar-refractivity contribution >= 4 is 5.78 Å². The molecular weight excluding hydrogens is 324 g/mol. The minimum absolute atomic E-state index is 0.0192. The number of hydrogen-bond acceptors (Lipinski definition) is 4. The molecule has 0 amide bonds. The number of nitrogens with zero attached hydrogens (tertiary/aromatic N) is 3. The van der Waals surface area contributed by atoms with E-state index in [2.05, 4.69) is 32.2 Å². The monoisotopic (exact) mass is 346 g/mol. The predicted molar refractivity (Wildman–Crippen MR) is 101 cm³/mol. The number of aromatic amines is 1. The number of hydrogen-bond donors (Lipinski definition) is 1. The molecule has 3 aromatic rings. The summed E-state index contributed by atoms with van der Waals surface area (Å²) in [6.45, 7) is 2.58. The summed E-state index contributed by atoms with van der Waals surface area (Å²) >= 11 is 0. The maximum Gasteiger partial charge on any atom is 0.185 e. The van der Waals surface area contributed by atoms with Crippen LogP contribution in [0, 0.1) is 5.92 Å². The van der Waals surface area contributed by atoms with Crippen LogP contribution in [0.5, 0.6) is 0 Å². The molecule has 0 unspecified atom stereocenters. The molecule has 132 valence electrons. The number of carbonyl (C=O) groups excluding carboxylic acids is 1. The highest BCUT2D eigenvalue weighted by Crippen LogP contribution is 2.25. The molecule has 26 heavy (non-hydrogen) atoms. The highest BCUT2D eigenvalue weighted by atomic mass is 16.1. The van der Waals surface area contributed by atoms with Gasteiger partial charge in [-0.05, 0) is 37.1 Å². The van der Waals surface area contributed by atoms with Gasteiger partial charge in [-0.2, -0.15) is 5.10 Å². The number of rotatable bonds is 5. The number of piperidine rings is 1. The van der Waals surface area contributed by atoms with Gasteiger partial charge in [-0.3, -0.25) is 19.8 Å². The second kappa shape index (κ2) is 7.62. The van der Waals surface area contributed by atoms with Crippen molar-refractivity contribution in [3.05, 3.63) is 72.2 Å². The Balaban J connectivity index is 1.47. The molecule has 3 heterocycles. The van der Waals surface area contributed by atoms with Gasteiger partial charge in [-0.25, -0.2) is 0 Å². The third-order valence-electron chi connectivity index (χ3n) is 4.97. The second-order valence-corrected chi connectivity index (χ2v) is 6.79. The Morgan fingerprint density at radius 2 is 2.00 bits per heavy atom. The number of likely N-dealkylation sites (tertiary alicyclic amines) is 1. The van der Waals surface area contributed by atoms with E-state index < -0.39 is 0 Å². The summed E-state index contributed by atoms with van der Waals surface area (Å²) in [6, 6.07) is 15.8. The average molecular weight is 346 g/mol. The first-order valence-corrected chi connectivity index (χ1v) is 9.06. The van der Waals surface area contributed by atoms with E-state index in [1.807, 2.05) is 42.6 Å². The minimum Gasteiger partial charge on any atom is -0.298 e. The average Bonchev–Trinajstić information content (AvgIpc) is 3.17. The molecule has 1 saturated heterocycles. The summed E-state index contributed by atoms with van der Waals surface area (Å²) < 4.78 is 0. The van der Waals surface area contributed by atoms with Gasteiger partial charge in [-0.15, -0.1) is 0 Å². The number of carbonyl (C=O) groups is 1. The zero-order valence-corrected chi connectivity index (χ0v) is 14.6. The molecule has 0 spiro atoms. The highest BCUT2D eigenvalue weighted by molar-refractivity contribution is 5.96. The molecule has 0 radical (unpaired) electrons. The number of Topliss-reactive ketones (excluding diaryl/α,β-unsaturated/α-hetero) is 1. The molecule has 0 aliphatic carbocycles. The van der Waals surface area contributed by atoms with Crippen LogP contribution in [0.3, 0.4) is 0 Å². The number of H-pyrrole nitrogens is 1. The Morgan fingerprint density at radius 1 is 1.15 bits per heavy atom. The first-order valence-electron chi connectivity index (χ1n) is 9.06. The summed E-state index contributed by atoms with van der Waals surface area (Å²) in [5, 5.41) is 7.35. The molecule has 1 N–H and O–H groups in total. The van der Waals surface area contributed by atoms with E-state index in [9.17, 15) is 4.79 Å². The van der Waals surface area contributed by atoms with Crippen molar-refractivity contribution in [2.45, 2.75) is 19.4 Å². The molecule has 0 bridgehead atoms. The third-order valence-corrected chi connectivity index (χ3v) is 4.97. The largest absolute Gasteiger partial charge is 0.298 e. The third kappa shape index (κ3) is 3.58. The Bertz CT molecular complexity index is 860. The van der Waals surface area contributed by atoms with Crippen molar-refractivity contribution in [2.75, 3.05) is 13.1 Å². The van der Waals surface area contributed by atoms with E-state index >= 15 is 0 Å². The molecule has 1 aromatic carbocycles. The van der Waals surface area contributed by atoms with Crippen LogP contribution in [0.4, 0.5) is 0 Å². The van der Waals surface area contributed by atoms with Crippen molar-refractivity contribution in [1.82, 2.24) is 20.1 Å². The fourth-order valence-corrected chi connectivity index (χ4v) is 3.66. The van der Waals surface area contributed by atoms with Gasteiger partial charge in [0.05, 0.1) is 11.9 Å². The first kappa shape index (κ1) is 16.7. The molecule has 1 aliphatic heterocycles. The summed E-state index contributed by atoms with van der Waals surface area (Å²) in [5.41, 5.74) is 3.94. The number of aromatic nitrogens is 3. The van der Waals surface area contributed by atoms with Gasteiger partial charge < -0.3 is 0 Å². The lowest BCUT2D eigenvalue weighted by Gasteiger charge is -2.31. The molecule has 2 aromatic heterocycles. The van der Waals surface area contributed by atoms with Crippen molar-refractivity contribution in [1.29, 1.82) is 0 Å². The van der Waals surface area contributed by atoms with Crippen LogP contribution in [-0.4, -0.2) is 39.0 Å². The predicted octanol–water partition coefficient (Wildman–Crippen LogP) is 3.57. The molecular formula is C21H22N4O. The Hall–Kier alpha value is -2.79. The second-order valence-electron chi connectivity index (χ2n) is 6.79. The van der Waals surface area contributed by atoms with Gasteiger partial charge in [0, 0.05) is 30.8 Å². The van der Waals surface area contributed by atoms with E-state index in [-0.39, 0.29) is 11.7 Å². The van der Waals surface area contributed by atoms with Crippen LogP contribution in [0.25, 0.3) is 11.3 Å². The molecule has 1 fully saturated rings. The highest BCUT2D eigenvalue weighted by Gasteiger charge is 2.27. The zero-order chi connectivity index (χ0) is 17.8. The number of nitrogens with one attached hydrogen (secondary N) is 1. The maximum atomic E-state index is 12.7. The number of ketones is 1. The van der Waals surface area contributed by atoms with Gasteiger partial charge >= 0.3 is 0 Å². The molecule has 1 atom stereocenters. The fourth-order valence-electron chi connectivity index (χ4n) is 3.66. The molecule has 5 heteroatoms. The number of benzene rings is 1.